The summed E-state index contributed by atoms with van der Waals surface area (Å²) in [6.07, 6.45) is 6.43. The quantitative estimate of drug-likeness (QED) is 0.809. The molecule has 0 N–H and O–H groups in total. The van der Waals surface area contributed by atoms with Crippen LogP contribution in [0.3, 0.4) is 0 Å². The normalized spacial score (nSPS) is 24.0. The molecule has 25 heavy (non-hydrogen) atoms. The van der Waals surface area contributed by atoms with E-state index in [9.17, 15) is 0 Å². The van der Waals surface area contributed by atoms with Gasteiger partial charge in [-0.2, -0.15) is 0 Å². The van der Waals surface area contributed by atoms with Crippen LogP contribution in [0, 0.1) is 0 Å². The number of hydrogen-bond acceptors (Lipinski definition) is 4. The van der Waals surface area contributed by atoms with Crippen molar-refractivity contribution in [1.82, 2.24) is 19.7 Å². The summed E-state index contributed by atoms with van der Waals surface area (Å²) in [5.74, 6) is 4.70. The lowest BCUT2D eigenvalue weighted by Crippen LogP contribution is -2.22. The molecule has 3 aliphatic rings. The highest BCUT2D eigenvalue weighted by Crippen LogP contribution is 2.45. The SMILES string of the molecule is COc1ccc(C2CCN(Cc3nnc(C4CC4)n3C3CC3)C2)cc1. The summed E-state index contributed by atoms with van der Waals surface area (Å²) in [5.41, 5.74) is 1.42. The van der Waals surface area contributed by atoms with Crippen LogP contribution in [0.2, 0.25) is 0 Å². The molecule has 0 amide bonds. The van der Waals surface area contributed by atoms with Crippen molar-refractivity contribution >= 4 is 0 Å². The first-order chi connectivity index (χ1) is 12.3. The van der Waals surface area contributed by atoms with E-state index in [-0.39, 0.29) is 0 Å². The van der Waals surface area contributed by atoms with Gasteiger partial charge in [0.1, 0.15) is 17.4 Å². The Balaban J connectivity index is 1.28. The zero-order chi connectivity index (χ0) is 16.8. The minimum absolute atomic E-state index is 0.617. The van der Waals surface area contributed by atoms with Crippen molar-refractivity contribution in [2.24, 2.45) is 0 Å². The average molecular weight is 338 g/mol. The molecule has 1 atom stereocenters. The number of hydrogen-bond donors (Lipinski definition) is 0. The molecule has 5 rings (SSSR count). The van der Waals surface area contributed by atoms with Gasteiger partial charge in [0.05, 0.1) is 13.7 Å². The van der Waals surface area contributed by atoms with Crippen LogP contribution < -0.4 is 4.74 Å². The maximum Gasteiger partial charge on any atom is 0.147 e. The first kappa shape index (κ1) is 15.4. The smallest absolute Gasteiger partial charge is 0.147 e. The van der Waals surface area contributed by atoms with Crippen LogP contribution in [-0.2, 0) is 6.54 Å². The Morgan fingerprint density at radius 3 is 2.48 bits per heavy atom. The van der Waals surface area contributed by atoms with E-state index in [1.54, 1.807) is 7.11 Å². The molecule has 132 valence electrons. The molecule has 1 unspecified atom stereocenters. The molecule has 3 fully saturated rings. The standard InChI is InChI=1S/C20H26N4O/c1-25-18-8-4-14(5-9-18)16-10-11-23(12-16)13-19-21-22-20(15-2-3-15)24(19)17-6-7-17/h4-5,8-9,15-17H,2-3,6-7,10-13H2,1H3. The van der Waals surface area contributed by atoms with Crippen molar-refractivity contribution in [3.05, 3.63) is 41.5 Å². The van der Waals surface area contributed by atoms with Gasteiger partial charge in [-0.15, -0.1) is 10.2 Å². The van der Waals surface area contributed by atoms with Gasteiger partial charge in [-0.25, -0.2) is 0 Å². The van der Waals surface area contributed by atoms with E-state index >= 15 is 0 Å². The summed E-state index contributed by atoms with van der Waals surface area (Å²) in [6, 6.07) is 9.25. The highest BCUT2D eigenvalue weighted by atomic mass is 16.5. The summed E-state index contributed by atoms with van der Waals surface area (Å²) >= 11 is 0. The molecule has 2 aromatic rings. The molecule has 2 saturated carbocycles. The van der Waals surface area contributed by atoms with E-state index in [0.717, 1.165) is 25.4 Å². The third kappa shape index (κ3) is 3.06. The number of aromatic nitrogens is 3. The van der Waals surface area contributed by atoms with Gasteiger partial charge in [0.25, 0.3) is 0 Å². The third-order valence-electron chi connectivity index (χ3n) is 5.87. The van der Waals surface area contributed by atoms with Gasteiger partial charge < -0.3 is 9.30 Å². The predicted octanol–water partition coefficient (Wildman–Crippen LogP) is 3.49. The largest absolute Gasteiger partial charge is 0.497 e. The van der Waals surface area contributed by atoms with E-state index < -0.39 is 0 Å². The third-order valence-corrected chi connectivity index (χ3v) is 5.87. The number of nitrogens with zero attached hydrogens (tertiary/aromatic N) is 4. The van der Waals surface area contributed by atoms with Gasteiger partial charge in [0, 0.05) is 18.5 Å². The number of benzene rings is 1. The van der Waals surface area contributed by atoms with Crippen molar-refractivity contribution in [3.8, 4) is 5.75 Å². The highest BCUT2D eigenvalue weighted by Gasteiger charge is 2.37. The maximum atomic E-state index is 5.27. The Morgan fingerprint density at radius 2 is 1.80 bits per heavy atom. The lowest BCUT2D eigenvalue weighted by molar-refractivity contribution is 0.311. The summed E-state index contributed by atoms with van der Waals surface area (Å²) in [7, 11) is 1.72. The molecule has 0 spiro atoms. The fourth-order valence-corrected chi connectivity index (χ4v) is 4.12. The number of likely N-dealkylation sites (tertiary alicyclic amines) is 1. The second-order valence-electron chi connectivity index (χ2n) is 7.84. The molecule has 0 radical (unpaired) electrons. The predicted molar refractivity (Wildman–Crippen MR) is 95.9 cm³/mol. The Labute approximate surface area is 149 Å². The summed E-state index contributed by atoms with van der Waals surface area (Å²) in [4.78, 5) is 2.55. The van der Waals surface area contributed by atoms with Crippen LogP contribution in [-0.4, -0.2) is 39.9 Å². The Hall–Kier alpha value is -1.88. The molecule has 5 heteroatoms. The summed E-state index contributed by atoms with van der Waals surface area (Å²) in [5, 5.41) is 9.13. The van der Waals surface area contributed by atoms with E-state index in [1.807, 2.05) is 0 Å². The fourth-order valence-electron chi connectivity index (χ4n) is 4.12. The minimum Gasteiger partial charge on any atom is -0.497 e. The Bertz CT molecular complexity index is 746. The zero-order valence-electron chi connectivity index (χ0n) is 14.9. The van der Waals surface area contributed by atoms with Crippen LogP contribution in [0.15, 0.2) is 24.3 Å². The van der Waals surface area contributed by atoms with E-state index in [1.165, 1.54) is 49.3 Å². The first-order valence-electron chi connectivity index (χ1n) is 9.62. The molecular formula is C20H26N4O. The zero-order valence-corrected chi connectivity index (χ0v) is 14.9. The second kappa shape index (κ2) is 6.13. The maximum absolute atomic E-state index is 5.27. The number of rotatable bonds is 6. The molecule has 1 aliphatic heterocycles. The number of methoxy groups -OCH3 is 1. The topological polar surface area (TPSA) is 43.2 Å². The summed E-state index contributed by atoms with van der Waals surface area (Å²) < 4.78 is 7.76. The lowest BCUT2D eigenvalue weighted by atomic mass is 9.98. The fraction of sp³-hybridized carbons (Fsp3) is 0.600. The molecular weight excluding hydrogens is 312 g/mol. The molecule has 2 aliphatic carbocycles. The molecule has 5 nitrogen and oxygen atoms in total. The van der Waals surface area contributed by atoms with Gasteiger partial charge >= 0.3 is 0 Å². The summed E-state index contributed by atoms with van der Waals surface area (Å²) in [6.45, 7) is 3.21. The van der Waals surface area contributed by atoms with Crippen molar-refractivity contribution in [1.29, 1.82) is 0 Å². The molecule has 1 aromatic heterocycles. The van der Waals surface area contributed by atoms with Crippen LogP contribution >= 0.6 is 0 Å². The minimum atomic E-state index is 0.617. The van der Waals surface area contributed by atoms with Crippen LogP contribution in [0.1, 0.15) is 67.2 Å². The first-order valence-corrected chi connectivity index (χ1v) is 9.62. The van der Waals surface area contributed by atoms with Gasteiger partial charge in [-0.3, -0.25) is 4.90 Å². The van der Waals surface area contributed by atoms with Crippen molar-refractivity contribution in [2.75, 3.05) is 20.2 Å². The van der Waals surface area contributed by atoms with E-state index in [4.69, 9.17) is 4.74 Å². The van der Waals surface area contributed by atoms with Crippen LogP contribution in [0.25, 0.3) is 0 Å². The van der Waals surface area contributed by atoms with Crippen LogP contribution in [0.4, 0.5) is 0 Å². The van der Waals surface area contributed by atoms with Crippen LogP contribution in [0.5, 0.6) is 5.75 Å². The second-order valence-corrected chi connectivity index (χ2v) is 7.84. The molecule has 1 aromatic carbocycles. The molecule has 2 heterocycles. The van der Waals surface area contributed by atoms with Gasteiger partial charge in [0.2, 0.25) is 0 Å². The van der Waals surface area contributed by atoms with Crippen molar-refractivity contribution in [2.45, 2.75) is 56.5 Å². The molecule has 1 saturated heterocycles. The monoisotopic (exact) mass is 338 g/mol. The highest BCUT2D eigenvalue weighted by molar-refractivity contribution is 5.30. The van der Waals surface area contributed by atoms with Gasteiger partial charge in [-0.1, -0.05) is 12.1 Å². The number of ether oxygens (including phenoxy) is 1. The Kier molecular flexibility index (Phi) is 3.77. The van der Waals surface area contributed by atoms with Crippen molar-refractivity contribution < 1.29 is 4.74 Å². The van der Waals surface area contributed by atoms with Gasteiger partial charge in [0.15, 0.2) is 0 Å². The lowest BCUT2D eigenvalue weighted by Gasteiger charge is -2.17. The molecule has 0 bridgehead atoms. The van der Waals surface area contributed by atoms with E-state index in [0.29, 0.717) is 17.9 Å². The van der Waals surface area contributed by atoms with Gasteiger partial charge in [-0.05, 0) is 62.3 Å². The van der Waals surface area contributed by atoms with Crippen molar-refractivity contribution in [3.63, 3.8) is 0 Å². The Morgan fingerprint density at radius 1 is 1.00 bits per heavy atom. The van der Waals surface area contributed by atoms with E-state index in [2.05, 4.69) is 43.9 Å². The average Bonchev–Trinajstić information content (AvgIpc) is 3.58.